The van der Waals surface area contributed by atoms with Crippen LogP contribution < -0.4 is 5.32 Å². The normalized spacial score (nSPS) is 14.4. The molecule has 6 nitrogen and oxygen atoms in total. The first-order valence-corrected chi connectivity index (χ1v) is 11.5. The highest BCUT2D eigenvalue weighted by molar-refractivity contribution is 7.16. The number of hydrogen-bond donors (Lipinski definition) is 1. The molecule has 7 heteroatoms. The van der Waals surface area contributed by atoms with E-state index in [4.69, 9.17) is 4.74 Å². The Morgan fingerprint density at radius 3 is 2.03 bits per heavy atom. The molecule has 2 aromatic carbocycles. The van der Waals surface area contributed by atoms with Crippen molar-refractivity contribution in [2.75, 3.05) is 38.6 Å². The predicted molar refractivity (Wildman–Crippen MR) is 127 cm³/mol. The molecule has 2 heterocycles. The first kappa shape index (κ1) is 22.0. The van der Waals surface area contributed by atoms with E-state index in [9.17, 15) is 9.59 Å². The molecule has 0 saturated carbocycles. The number of piperazine rings is 1. The second-order valence-corrected chi connectivity index (χ2v) is 9.02. The molecule has 2 amide bonds. The summed E-state index contributed by atoms with van der Waals surface area (Å²) in [6.07, 6.45) is 0. The van der Waals surface area contributed by atoms with Gasteiger partial charge in [-0.05, 0) is 24.1 Å². The van der Waals surface area contributed by atoms with Crippen molar-refractivity contribution in [3.05, 3.63) is 88.3 Å². The number of carbonyl (C=O) groups is 2. The number of esters is 1. The molecule has 0 bridgehead atoms. The Morgan fingerprint density at radius 1 is 0.938 bits per heavy atom. The summed E-state index contributed by atoms with van der Waals surface area (Å²) < 4.78 is 4.84. The van der Waals surface area contributed by atoms with Crippen LogP contribution >= 0.6 is 11.3 Å². The van der Waals surface area contributed by atoms with Crippen molar-refractivity contribution in [3.63, 3.8) is 0 Å². The second-order valence-electron chi connectivity index (χ2n) is 7.77. The maximum atomic E-state index is 12.9. The molecule has 4 rings (SSSR count). The van der Waals surface area contributed by atoms with Crippen molar-refractivity contribution in [2.45, 2.75) is 13.0 Å². The molecule has 0 radical (unpaired) electrons. The van der Waals surface area contributed by atoms with E-state index in [2.05, 4.69) is 58.7 Å². The van der Waals surface area contributed by atoms with Crippen molar-refractivity contribution in [1.82, 2.24) is 9.80 Å². The average Bonchev–Trinajstić information content (AvgIpc) is 3.20. The lowest BCUT2D eigenvalue weighted by atomic mass is 9.96. The van der Waals surface area contributed by atoms with Crippen LogP contribution in [0.1, 0.15) is 32.4 Å². The minimum atomic E-state index is -0.442. The molecular formula is C25H27N3O3S. The van der Waals surface area contributed by atoms with Crippen molar-refractivity contribution < 1.29 is 14.3 Å². The predicted octanol–water partition coefficient (Wildman–Crippen LogP) is 4.78. The van der Waals surface area contributed by atoms with E-state index in [1.807, 2.05) is 19.1 Å². The summed E-state index contributed by atoms with van der Waals surface area (Å²) in [5.74, 6) is -0.442. The maximum absolute atomic E-state index is 12.9. The van der Waals surface area contributed by atoms with Crippen LogP contribution in [-0.2, 0) is 4.74 Å². The maximum Gasteiger partial charge on any atom is 0.340 e. The Balaban J connectivity index is 1.45. The van der Waals surface area contributed by atoms with E-state index in [0.29, 0.717) is 23.7 Å². The van der Waals surface area contributed by atoms with Gasteiger partial charge in [0, 0.05) is 31.1 Å². The number of rotatable bonds is 5. The third-order valence-corrected chi connectivity index (χ3v) is 6.64. The number of thiophene rings is 1. The zero-order valence-electron chi connectivity index (χ0n) is 18.3. The van der Waals surface area contributed by atoms with Crippen LogP contribution in [0.15, 0.2) is 66.7 Å². The summed E-state index contributed by atoms with van der Waals surface area (Å²) in [4.78, 5) is 30.1. The molecule has 1 saturated heterocycles. The van der Waals surface area contributed by atoms with Crippen LogP contribution in [0.5, 0.6) is 0 Å². The van der Waals surface area contributed by atoms with Crippen LogP contribution in [0, 0.1) is 6.92 Å². The molecule has 32 heavy (non-hydrogen) atoms. The number of urea groups is 1. The summed E-state index contributed by atoms with van der Waals surface area (Å²) in [6.45, 7) is 4.64. The number of aryl methyl sites for hydroxylation is 1. The van der Waals surface area contributed by atoms with Crippen LogP contribution in [0.3, 0.4) is 0 Å². The molecular weight excluding hydrogens is 422 g/mol. The van der Waals surface area contributed by atoms with Crippen molar-refractivity contribution >= 4 is 28.3 Å². The molecule has 0 spiro atoms. The highest BCUT2D eigenvalue weighted by Gasteiger charge is 2.29. The molecule has 1 N–H and O–H groups in total. The summed E-state index contributed by atoms with van der Waals surface area (Å²) in [5, 5.41) is 3.45. The third-order valence-electron chi connectivity index (χ3n) is 5.68. The van der Waals surface area contributed by atoms with Gasteiger partial charge in [-0.1, -0.05) is 60.7 Å². The minimum absolute atomic E-state index is 0.147. The van der Waals surface area contributed by atoms with Gasteiger partial charge in [0.1, 0.15) is 5.00 Å². The minimum Gasteiger partial charge on any atom is -0.465 e. The van der Waals surface area contributed by atoms with Gasteiger partial charge in [-0.2, -0.15) is 0 Å². The topological polar surface area (TPSA) is 61.9 Å². The first-order chi connectivity index (χ1) is 15.6. The van der Waals surface area contributed by atoms with Crippen LogP contribution in [0.4, 0.5) is 9.80 Å². The first-order valence-electron chi connectivity index (χ1n) is 10.7. The molecule has 0 unspecified atom stereocenters. The standard InChI is InChI=1S/C25H27N3O3S/c1-18-17-21(24(29)31-2)23(32-18)26-25(30)28-15-13-27(14-16-28)22(19-9-5-3-6-10-19)20-11-7-4-8-12-20/h3-12,17,22H,13-16H2,1-2H3,(H,26,30). The number of methoxy groups -OCH3 is 1. The lowest BCUT2D eigenvalue weighted by Crippen LogP contribution is -2.51. The van der Waals surface area contributed by atoms with Crippen LogP contribution in [-0.4, -0.2) is 55.1 Å². The highest BCUT2D eigenvalue weighted by Crippen LogP contribution is 2.31. The lowest BCUT2D eigenvalue weighted by molar-refractivity contribution is 0.0602. The quantitative estimate of drug-likeness (QED) is 0.570. The number of nitrogens with zero attached hydrogens (tertiary/aromatic N) is 2. The lowest BCUT2D eigenvalue weighted by Gasteiger charge is -2.39. The number of carbonyl (C=O) groups excluding carboxylic acids is 2. The Hall–Kier alpha value is -3.16. The summed E-state index contributed by atoms with van der Waals surface area (Å²) in [6, 6.07) is 22.7. The molecule has 0 atom stereocenters. The second kappa shape index (κ2) is 9.97. The number of hydrogen-bond acceptors (Lipinski definition) is 5. The van der Waals surface area contributed by atoms with Gasteiger partial charge in [0.2, 0.25) is 0 Å². The third kappa shape index (κ3) is 4.84. The van der Waals surface area contributed by atoms with E-state index in [1.54, 1.807) is 11.0 Å². The SMILES string of the molecule is COC(=O)c1cc(C)sc1NC(=O)N1CCN(C(c2ccccc2)c2ccccc2)CC1. The molecule has 0 aliphatic carbocycles. The van der Waals surface area contributed by atoms with E-state index >= 15 is 0 Å². The summed E-state index contributed by atoms with van der Waals surface area (Å²) in [5.41, 5.74) is 2.89. The Kier molecular flexibility index (Phi) is 6.87. The van der Waals surface area contributed by atoms with Gasteiger partial charge in [0.15, 0.2) is 0 Å². The smallest absolute Gasteiger partial charge is 0.340 e. The fourth-order valence-corrected chi connectivity index (χ4v) is 5.00. The molecule has 166 valence electrons. The number of anilines is 1. The zero-order valence-corrected chi connectivity index (χ0v) is 19.1. The molecule has 1 aliphatic heterocycles. The van der Waals surface area contributed by atoms with E-state index in [1.165, 1.54) is 29.6 Å². The summed E-state index contributed by atoms with van der Waals surface area (Å²) in [7, 11) is 1.34. The van der Waals surface area contributed by atoms with Gasteiger partial charge in [-0.25, -0.2) is 9.59 Å². The largest absolute Gasteiger partial charge is 0.465 e. The number of nitrogens with one attached hydrogen (secondary N) is 1. The molecule has 1 aromatic heterocycles. The number of benzene rings is 2. The van der Waals surface area contributed by atoms with Crippen molar-refractivity contribution in [1.29, 1.82) is 0 Å². The van der Waals surface area contributed by atoms with Crippen molar-refractivity contribution in [2.24, 2.45) is 0 Å². The van der Waals surface area contributed by atoms with Gasteiger partial charge in [0.05, 0.1) is 18.7 Å². The van der Waals surface area contributed by atoms with E-state index in [0.717, 1.165) is 18.0 Å². The fraction of sp³-hybridized carbons (Fsp3) is 0.280. The van der Waals surface area contributed by atoms with Gasteiger partial charge >= 0.3 is 12.0 Å². The number of ether oxygens (including phenoxy) is 1. The monoisotopic (exact) mass is 449 g/mol. The van der Waals surface area contributed by atoms with E-state index in [-0.39, 0.29) is 12.1 Å². The number of amides is 2. The molecule has 1 aliphatic rings. The zero-order chi connectivity index (χ0) is 22.5. The van der Waals surface area contributed by atoms with Crippen LogP contribution in [0.2, 0.25) is 0 Å². The Labute approximate surface area is 192 Å². The Morgan fingerprint density at radius 2 is 1.50 bits per heavy atom. The van der Waals surface area contributed by atoms with Gasteiger partial charge in [-0.15, -0.1) is 11.3 Å². The molecule has 3 aromatic rings. The van der Waals surface area contributed by atoms with E-state index < -0.39 is 5.97 Å². The van der Waals surface area contributed by atoms with Gasteiger partial charge in [-0.3, -0.25) is 10.2 Å². The van der Waals surface area contributed by atoms with Gasteiger partial charge < -0.3 is 9.64 Å². The molecule has 1 fully saturated rings. The average molecular weight is 450 g/mol. The van der Waals surface area contributed by atoms with Gasteiger partial charge in [0.25, 0.3) is 0 Å². The van der Waals surface area contributed by atoms with Crippen LogP contribution in [0.25, 0.3) is 0 Å². The fourth-order valence-electron chi connectivity index (χ4n) is 4.11. The van der Waals surface area contributed by atoms with Crippen molar-refractivity contribution in [3.8, 4) is 0 Å². The highest BCUT2D eigenvalue weighted by atomic mass is 32.1. The Bertz CT molecular complexity index is 1020. The summed E-state index contributed by atoms with van der Waals surface area (Å²) >= 11 is 1.38.